The van der Waals surface area contributed by atoms with Gasteiger partial charge in [-0.3, -0.25) is 14.2 Å². The van der Waals surface area contributed by atoms with E-state index in [-0.39, 0.29) is 18.1 Å². The van der Waals surface area contributed by atoms with Crippen molar-refractivity contribution in [1.29, 1.82) is 0 Å². The van der Waals surface area contributed by atoms with Gasteiger partial charge in [0.1, 0.15) is 15.7 Å². The van der Waals surface area contributed by atoms with Crippen LogP contribution in [0.4, 0.5) is 5.69 Å². The number of hydrogen-bond donors (Lipinski definition) is 1. The van der Waals surface area contributed by atoms with Crippen LogP contribution in [0.25, 0.3) is 10.2 Å². The number of rotatable bonds is 6. The maximum Gasteiger partial charge on any atom is 0.348 e. The Morgan fingerprint density at radius 2 is 1.93 bits per heavy atom. The van der Waals surface area contributed by atoms with E-state index in [4.69, 9.17) is 4.74 Å². The van der Waals surface area contributed by atoms with Crippen LogP contribution < -0.4 is 10.9 Å². The lowest BCUT2D eigenvalue weighted by Crippen LogP contribution is -2.31. The number of amides is 1. The number of aryl methyl sites for hydroxylation is 2. The number of aromatic nitrogens is 2. The summed E-state index contributed by atoms with van der Waals surface area (Å²) in [5.74, 6) is -0.795. The number of fused-ring (bicyclic) bond motifs is 1. The van der Waals surface area contributed by atoms with Crippen molar-refractivity contribution in [3.63, 3.8) is 0 Å². The summed E-state index contributed by atoms with van der Waals surface area (Å²) < 4.78 is 6.33. The molecule has 0 radical (unpaired) electrons. The number of nitrogens with zero attached hydrogens (tertiary/aromatic N) is 2. The third-order valence-electron chi connectivity index (χ3n) is 4.76. The fourth-order valence-corrected chi connectivity index (χ4v) is 4.03. The van der Waals surface area contributed by atoms with Gasteiger partial charge in [-0.25, -0.2) is 9.78 Å². The second-order valence-electron chi connectivity index (χ2n) is 6.63. The summed E-state index contributed by atoms with van der Waals surface area (Å²) in [7, 11) is 0. The van der Waals surface area contributed by atoms with Crippen LogP contribution in [-0.4, -0.2) is 28.0 Å². The lowest BCUT2D eigenvalue weighted by Gasteiger charge is -2.15. The molecule has 3 aromatic rings. The Morgan fingerprint density at radius 3 is 2.55 bits per heavy atom. The molecule has 0 spiro atoms. The summed E-state index contributed by atoms with van der Waals surface area (Å²) >= 11 is 1.12. The second kappa shape index (κ2) is 8.57. The van der Waals surface area contributed by atoms with Crippen LogP contribution in [-0.2, 0) is 16.0 Å². The van der Waals surface area contributed by atoms with Gasteiger partial charge < -0.3 is 10.1 Å². The lowest BCUT2D eigenvalue weighted by molar-refractivity contribution is -0.118. The van der Waals surface area contributed by atoms with E-state index in [9.17, 15) is 14.4 Å². The highest BCUT2D eigenvalue weighted by Gasteiger charge is 2.23. The SMILES string of the molecule is CCOC(=O)c1sc2ncn([C@H](C)C(=O)Nc3ccc(CC)cc3)c(=O)c2c1C. The molecule has 0 fully saturated rings. The van der Waals surface area contributed by atoms with E-state index < -0.39 is 12.0 Å². The van der Waals surface area contributed by atoms with Crippen LogP contribution >= 0.6 is 11.3 Å². The summed E-state index contributed by atoms with van der Waals surface area (Å²) in [5.41, 5.74) is 2.01. The van der Waals surface area contributed by atoms with Crippen LogP contribution in [0.15, 0.2) is 35.4 Å². The number of nitrogens with one attached hydrogen (secondary N) is 1. The van der Waals surface area contributed by atoms with Crippen LogP contribution in [0, 0.1) is 6.92 Å². The maximum absolute atomic E-state index is 13.0. The van der Waals surface area contributed by atoms with Crippen molar-refractivity contribution in [3.8, 4) is 0 Å². The molecule has 8 heteroatoms. The van der Waals surface area contributed by atoms with Gasteiger partial charge in [-0.2, -0.15) is 0 Å². The normalized spacial score (nSPS) is 12.0. The zero-order chi connectivity index (χ0) is 21.1. The van der Waals surface area contributed by atoms with Gasteiger partial charge in [-0.15, -0.1) is 11.3 Å². The van der Waals surface area contributed by atoms with Crippen molar-refractivity contribution >= 4 is 39.1 Å². The number of esters is 1. The first-order chi connectivity index (χ1) is 13.9. The molecule has 0 aliphatic rings. The molecule has 0 bridgehead atoms. The zero-order valence-corrected chi connectivity index (χ0v) is 17.6. The summed E-state index contributed by atoms with van der Waals surface area (Å²) in [6.07, 6.45) is 2.26. The largest absolute Gasteiger partial charge is 0.462 e. The first-order valence-electron chi connectivity index (χ1n) is 9.44. The fraction of sp³-hybridized carbons (Fsp3) is 0.333. The van der Waals surface area contributed by atoms with Gasteiger partial charge in [0, 0.05) is 5.69 Å². The van der Waals surface area contributed by atoms with Gasteiger partial charge in [-0.05, 0) is 50.5 Å². The van der Waals surface area contributed by atoms with E-state index in [1.807, 2.05) is 24.3 Å². The van der Waals surface area contributed by atoms with E-state index in [2.05, 4.69) is 17.2 Å². The van der Waals surface area contributed by atoms with Crippen molar-refractivity contribution in [1.82, 2.24) is 9.55 Å². The van der Waals surface area contributed by atoms with Crippen LogP contribution in [0.2, 0.25) is 0 Å². The maximum atomic E-state index is 13.0. The summed E-state index contributed by atoms with van der Waals surface area (Å²) in [4.78, 5) is 42.9. The van der Waals surface area contributed by atoms with Gasteiger partial charge in [0.25, 0.3) is 5.56 Å². The third-order valence-corrected chi connectivity index (χ3v) is 5.94. The van der Waals surface area contributed by atoms with E-state index in [1.54, 1.807) is 20.8 Å². The van der Waals surface area contributed by atoms with E-state index in [0.717, 1.165) is 17.8 Å². The number of anilines is 1. The number of ether oxygens (including phenoxy) is 1. The van der Waals surface area contributed by atoms with E-state index in [1.165, 1.54) is 16.5 Å². The third kappa shape index (κ3) is 4.07. The molecule has 2 aromatic heterocycles. The summed E-state index contributed by atoms with van der Waals surface area (Å²) in [6.45, 7) is 7.37. The predicted octanol–water partition coefficient (Wildman–Crippen LogP) is 3.71. The van der Waals surface area contributed by atoms with Gasteiger partial charge in [0.2, 0.25) is 5.91 Å². The monoisotopic (exact) mass is 413 g/mol. The Kier molecular flexibility index (Phi) is 6.12. The molecule has 0 unspecified atom stereocenters. The standard InChI is InChI=1S/C21H23N3O4S/c1-5-14-7-9-15(10-8-14)23-18(25)13(4)24-11-22-19-16(20(24)26)12(3)17(29-19)21(27)28-6-2/h7-11,13H,5-6H2,1-4H3,(H,23,25)/t13-/m1/s1. The van der Waals surface area contributed by atoms with Crippen LogP contribution in [0.1, 0.15) is 47.6 Å². The molecule has 0 aliphatic carbocycles. The van der Waals surface area contributed by atoms with Crippen molar-refractivity contribution in [3.05, 3.63) is 57.0 Å². The Balaban J connectivity index is 1.91. The second-order valence-corrected chi connectivity index (χ2v) is 7.63. The Labute approximate surface area is 172 Å². The predicted molar refractivity (Wildman–Crippen MR) is 114 cm³/mol. The van der Waals surface area contributed by atoms with E-state index >= 15 is 0 Å². The first kappa shape index (κ1) is 20.7. The van der Waals surface area contributed by atoms with Crippen molar-refractivity contribution in [2.24, 2.45) is 0 Å². The molecule has 1 aromatic carbocycles. The van der Waals surface area contributed by atoms with Gasteiger partial charge >= 0.3 is 5.97 Å². The molecule has 0 saturated heterocycles. The Bertz CT molecular complexity index is 1120. The highest BCUT2D eigenvalue weighted by Crippen LogP contribution is 2.28. The number of carbonyl (C=O) groups excluding carboxylic acids is 2. The molecular weight excluding hydrogens is 390 g/mol. The van der Waals surface area contributed by atoms with E-state index in [0.29, 0.717) is 26.3 Å². The molecule has 1 amide bonds. The molecule has 7 nitrogen and oxygen atoms in total. The minimum absolute atomic E-state index is 0.251. The highest BCUT2D eigenvalue weighted by atomic mass is 32.1. The van der Waals surface area contributed by atoms with Gasteiger partial charge in [0.15, 0.2) is 0 Å². The Hall–Kier alpha value is -3.00. The van der Waals surface area contributed by atoms with Gasteiger partial charge in [-0.1, -0.05) is 19.1 Å². The molecule has 2 heterocycles. The van der Waals surface area contributed by atoms with Gasteiger partial charge in [0.05, 0.1) is 18.3 Å². The van der Waals surface area contributed by atoms with Crippen LogP contribution in [0.3, 0.4) is 0 Å². The quantitative estimate of drug-likeness (QED) is 0.622. The number of hydrogen-bond acceptors (Lipinski definition) is 6. The number of carbonyl (C=O) groups is 2. The molecular formula is C21H23N3O4S. The molecule has 1 N–H and O–H groups in total. The minimum atomic E-state index is -0.768. The smallest absolute Gasteiger partial charge is 0.348 e. The van der Waals surface area contributed by atoms with Crippen molar-refractivity contribution < 1.29 is 14.3 Å². The minimum Gasteiger partial charge on any atom is -0.462 e. The summed E-state index contributed by atoms with van der Waals surface area (Å²) in [5, 5.41) is 3.16. The number of benzene rings is 1. The Morgan fingerprint density at radius 1 is 1.24 bits per heavy atom. The molecule has 1 atom stereocenters. The number of thiophene rings is 1. The molecule has 0 saturated carbocycles. The zero-order valence-electron chi connectivity index (χ0n) is 16.8. The van der Waals surface area contributed by atoms with Crippen molar-refractivity contribution in [2.45, 2.75) is 40.2 Å². The molecule has 3 rings (SSSR count). The van der Waals surface area contributed by atoms with Crippen molar-refractivity contribution in [2.75, 3.05) is 11.9 Å². The fourth-order valence-electron chi connectivity index (χ4n) is 3.00. The highest BCUT2D eigenvalue weighted by molar-refractivity contribution is 7.20. The average Bonchev–Trinajstić information content (AvgIpc) is 3.06. The molecule has 29 heavy (non-hydrogen) atoms. The van der Waals surface area contributed by atoms with Crippen LogP contribution in [0.5, 0.6) is 0 Å². The molecule has 152 valence electrons. The summed E-state index contributed by atoms with van der Waals surface area (Å²) in [6, 6.07) is 6.80. The average molecular weight is 413 g/mol. The molecule has 0 aliphatic heterocycles. The lowest BCUT2D eigenvalue weighted by atomic mass is 10.1. The topological polar surface area (TPSA) is 90.3 Å². The first-order valence-corrected chi connectivity index (χ1v) is 10.3.